The van der Waals surface area contributed by atoms with E-state index in [1.807, 2.05) is 13.8 Å². The summed E-state index contributed by atoms with van der Waals surface area (Å²) in [4.78, 5) is 16.3. The molecule has 0 radical (unpaired) electrons. The molecule has 5 heterocycles. The monoisotopic (exact) mass is 655 g/mol. The molecule has 0 bridgehead atoms. The Hall–Kier alpha value is -3.72. The Morgan fingerprint density at radius 1 is 1.09 bits per heavy atom. The van der Waals surface area contributed by atoms with Crippen molar-refractivity contribution >= 4 is 22.5 Å². The van der Waals surface area contributed by atoms with Crippen molar-refractivity contribution in [2.75, 3.05) is 50.0 Å². The summed E-state index contributed by atoms with van der Waals surface area (Å²) in [5, 5.41) is 2.78. The lowest BCUT2D eigenvalue weighted by Gasteiger charge is -2.34. The number of alkyl halides is 3. The molecule has 250 valence electrons. The molecule has 3 N–H and O–H groups in total. The first-order chi connectivity index (χ1) is 21.9. The molecule has 3 saturated heterocycles. The second-order valence-corrected chi connectivity index (χ2v) is 11.5. The molecule has 0 aliphatic carbocycles. The van der Waals surface area contributed by atoms with E-state index in [9.17, 15) is 22.0 Å². The highest BCUT2D eigenvalue weighted by Crippen LogP contribution is 2.43. The molecule has 0 saturated carbocycles. The number of anilines is 2. The van der Waals surface area contributed by atoms with Crippen LogP contribution >= 0.6 is 0 Å². The van der Waals surface area contributed by atoms with Crippen LogP contribution in [0.4, 0.5) is 42.4 Å². The van der Waals surface area contributed by atoms with Crippen LogP contribution in [-0.2, 0) is 6.18 Å². The van der Waals surface area contributed by atoms with E-state index in [4.69, 9.17) is 10.5 Å². The van der Waals surface area contributed by atoms with Gasteiger partial charge in [-0.25, -0.2) is 13.8 Å². The molecule has 15 heteroatoms. The summed E-state index contributed by atoms with van der Waals surface area (Å²) in [7, 11) is 0. The number of hydrogen-bond acceptors (Lipinski definition) is 8. The van der Waals surface area contributed by atoms with Gasteiger partial charge in [-0.05, 0) is 69.5 Å². The van der Waals surface area contributed by atoms with Crippen molar-refractivity contribution in [1.29, 1.82) is 0 Å². The predicted octanol–water partition coefficient (Wildman–Crippen LogP) is 6.47. The first-order valence-electron chi connectivity index (χ1n) is 15.3. The van der Waals surface area contributed by atoms with Crippen LogP contribution in [0.5, 0.6) is 6.01 Å². The van der Waals surface area contributed by atoms with Crippen LogP contribution in [0, 0.1) is 18.6 Å². The zero-order chi connectivity index (χ0) is 33.4. The van der Waals surface area contributed by atoms with Gasteiger partial charge in [0.1, 0.15) is 29.6 Å². The summed E-state index contributed by atoms with van der Waals surface area (Å²) < 4.78 is 107. The minimum absolute atomic E-state index is 0.00785. The van der Waals surface area contributed by atoms with E-state index < -0.39 is 52.3 Å². The molecule has 0 amide bonds. The Balaban J connectivity index is 0.00000204. The summed E-state index contributed by atoms with van der Waals surface area (Å²) >= 11 is 0. The topological polar surface area (TPSA) is 92.4 Å². The number of aromatic nitrogens is 3. The number of aryl methyl sites for hydroxylation is 1. The molecule has 1 unspecified atom stereocenters. The molecule has 3 aliphatic rings. The highest BCUT2D eigenvalue weighted by molar-refractivity contribution is 5.94. The van der Waals surface area contributed by atoms with Gasteiger partial charge in [-0.1, -0.05) is 13.8 Å². The van der Waals surface area contributed by atoms with Crippen LogP contribution in [0.15, 0.2) is 24.3 Å². The number of pyridine rings is 1. The third-order valence-electron chi connectivity index (χ3n) is 8.71. The van der Waals surface area contributed by atoms with Crippen LogP contribution < -0.4 is 20.7 Å². The predicted molar refractivity (Wildman–Crippen MR) is 161 cm³/mol. The van der Waals surface area contributed by atoms with Gasteiger partial charge in [0.15, 0.2) is 5.82 Å². The minimum Gasteiger partial charge on any atom is -0.461 e. The van der Waals surface area contributed by atoms with Crippen molar-refractivity contribution < 1.29 is 35.5 Å². The second-order valence-electron chi connectivity index (χ2n) is 11.5. The van der Waals surface area contributed by atoms with Crippen molar-refractivity contribution in [1.82, 2.24) is 25.2 Å². The molecular weight excluding hydrogens is 619 g/mol. The van der Waals surface area contributed by atoms with Crippen LogP contribution in [-0.4, -0.2) is 70.8 Å². The van der Waals surface area contributed by atoms with Gasteiger partial charge >= 0.3 is 12.2 Å². The van der Waals surface area contributed by atoms with Crippen molar-refractivity contribution in [3.63, 3.8) is 0 Å². The maximum absolute atomic E-state index is 16.4. The van der Waals surface area contributed by atoms with E-state index in [1.165, 1.54) is 0 Å². The van der Waals surface area contributed by atoms with Crippen molar-refractivity contribution in [2.45, 2.75) is 64.2 Å². The number of hydrogen-bond donors (Lipinski definition) is 2. The number of nitrogen functional groups attached to an aromatic ring is 1. The zero-order valence-electron chi connectivity index (χ0n) is 25.7. The lowest BCUT2D eigenvalue weighted by Crippen LogP contribution is -2.50. The Morgan fingerprint density at radius 3 is 2.43 bits per heavy atom. The van der Waals surface area contributed by atoms with E-state index in [-0.39, 0.29) is 60.4 Å². The third kappa shape index (κ3) is 6.43. The lowest BCUT2D eigenvalue weighted by molar-refractivity contribution is -0.137. The number of benzene rings is 1. The van der Waals surface area contributed by atoms with Crippen molar-refractivity contribution in [3.8, 4) is 17.3 Å². The summed E-state index contributed by atoms with van der Waals surface area (Å²) in [6.45, 7) is 7.61. The molecule has 0 spiro atoms. The normalized spacial score (nSPS) is 19.5. The van der Waals surface area contributed by atoms with Crippen LogP contribution in [0.1, 0.15) is 50.7 Å². The van der Waals surface area contributed by atoms with E-state index in [1.54, 1.807) is 4.90 Å². The fourth-order valence-electron chi connectivity index (χ4n) is 6.81. The van der Waals surface area contributed by atoms with Gasteiger partial charge < -0.3 is 20.7 Å². The SMILES string of the molecule is CC.Cc1cc(N)nc(-c2c(F)cc3c(N4CCNC(C=C(F)F)C4)nc(OCC45CCCN4CCC5)nc3c2F)c1C(F)(F)F. The molecule has 3 aliphatic heterocycles. The number of nitrogens with one attached hydrogen (secondary N) is 1. The first-order valence-corrected chi connectivity index (χ1v) is 15.3. The van der Waals surface area contributed by atoms with Gasteiger partial charge in [0.25, 0.3) is 6.08 Å². The van der Waals surface area contributed by atoms with E-state index >= 15 is 8.78 Å². The van der Waals surface area contributed by atoms with E-state index in [0.717, 1.165) is 63.9 Å². The Bertz CT molecular complexity index is 1620. The standard InChI is InChI=1S/C29H30F7N7O.C2H6/c1-15-10-20(37)39-25(22(15)29(34,35)36)21-18(30)12-17-24(23(21)33)40-27(44-14-28-4-2-7-43(28)8-3-5-28)41-26(17)42-9-6-38-16(13-42)11-19(31)32;1-2/h10-12,16,38H,2-9,13-14H2,1H3,(H2,37,39);1-2H3. The molecule has 6 rings (SSSR count). The number of nitrogens with two attached hydrogens (primary N) is 1. The maximum atomic E-state index is 16.4. The molecule has 8 nitrogen and oxygen atoms in total. The largest absolute Gasteiger partial charge is 0.461 e. The Labute approximate surface area is 261 Å². The average Bonchev–Trinajstić information content (AvgIpc) is 3.56. The molecule has 2 aromatic heterocycles. The van der Waals surface area contributed by atoms with E-state index in [0.29, 0.717) is 0 Å². The second kappa shape index (κ2) is 13.2. The average molecular weight is 656 g/mol. The minimum atomic E-state index is -5.00. The van der Waals surface area contributed by atoms with Gasteiger partial charge in [0.05, 0.1) is 22.4 Å². The summed E-state index contributed by atoms with van der Waals surface area (Å²) in [6.07, 6.45) is -2.42. The fraction of sp³-hybridized carbons (Fsp3) is 0.516. The van der Waals surface area contributed by atoms with Gasteiger partial charge in [0, 0.05) is 31.1 Å². The molecular formula is C31H36F7N7O. The van der Waals surface area contributed by atoms with Crippen molar-refractivity contribution in [3.05, 3.63) is 47.1 Å². The number of fused-ring (bicyclic) bond motifs is 2. The summed E-state index contributed by atoms with van der Waals surface area (Å²) in [5.41, 5.74) is 1.23. The van der Waals surface area contributed by atoms with Gasteiger partial charge in [-0.15, -0.1) is 0 Å². The summed E-state index contributed by atoms with van der Waals surface area (Å²) in [5.74, 6) is -3.09. The highest BCUT2D eigenvalue weighted by atomic mass is 19.4. The van der Waals surface area contributed by atoms with Crippen LogP contribution in [0.25, 0.3) is 22.2 Å². The number of halogens is 7. The quantitative estimate of drug-likeness (QED) is 0.292. The number of nitrogens with zero attached hydrogens (tertiary/aromatic N) is 5. The van der Waals surface area contributed by atoms with Crippen molar-refractivity contribution in [2.24, 2.45) is 0 Å². The smallest absolute Gasteiger partial charge is 0.418 e. The lowest BCUT2D eigenvalue weighted by atomic mass is 9.95. The third-order valence-corrected chi connectivity index (χ3v) is 8.71. The Morgan fingerprint density at radius 2 is 1.78 bits per heavy atom. The number of piperazine rings is 1. The zero-order valence-corrected chi connectivity index (χ0v) is 25.7. The van der Waals surface area contributed by atoms with Gasteiger partial charge in [0.2, 0.25) is 0 Å². The van der Waals surface area contributed by atoms with E-state index in [2.05, 4.69) is 25.2 Å². The number of rotatable bonds is 6. The Kier molecular flexibility index (Phi) is 9.64. The molecule has 1 aromatic carbocycles. The fourth-order valence-corrected chi connectivity index (χ4v) is 6.81. The summed E-state index contributed by atoms with van der Waals surface area (Å²) in [6, 6.07) is 0.756. The molecule has 3 fully saturated rings. The maximum Gasteiger partial charge on any atom is 0.418 e. The first kappa shape index (κ1) is 33.6. The van der Waals surface area contributed by atoms with Crippen LogP contribution in [0.3, 0.4) is 0 Å². The van der Waals surface area contributed by atoms with Crippen LogP contribution in [0.2, 0.25) is 0 Å². The highest BCUT2D eigenvalue weighted by Gasteiger charge is 2.45. The van der Waals surface area contributed by atoms with Gasteiger partial charge in [-0.3, -0.25) is 4.90 Å². The molecule has 3 aromatic rings. The van der Waals surface area contributed by atoms with Gasteiger partial charge in [-0.2, -0.15) is 31.9 Å². The molecule has 46 heavy (non-hydrogen) atoms. The molecule has 1 atom stereocenters. The number of ether oxygens (including phenoxy) is 1.